The van der Waals surface area contributed by atoms with Crippen molar-refractivity contribution >= 4 is 22.8 Å². The van der Waals surface area contributed by atoms with Gasteiger partial charge < -0.3 is 20.2 Å². The number of ether oxygens (including phenoxy) is 1. The fraction of sp³-hybridized carbons (Fsp3) is 0.158. The van der Waals surface area contributed by atoms with Gasteiger partial charge in [-0.3, -0.25) is 9.59 Å². The minimum Gasteiger partial charge on any atom is -0.497 e. The molecule has 0 saturated carbocycles. The molecular weight excluding hydrogens is 320 g/mol. The van der Waals surface area contributed by atoms with E-state index in [2.05, 4.69) is 5.32 Å². The molecule has 0 aliphatic heterocycles. The fourth-order valence-electron chi connectivity index (χ4n) is 2.60. The highest BCUT2D eigenvalue weighted by molar-refractivity contribution is 5.93. The maximum Gasteiger partial charge on any atom is 0.248 e. The van der Waals surface area contributed by atoms with Gasteiger partial charge >= 0.3 is 0 Å². The van der Waals surface area contributed by atoms with Gasteiger partial charge in [0.15, 0.2) is 0 Å². The third-order valence-corrected chi connectivity index (χ3v) is 3.92. The first kappa shape index (κ1) is 16.6. The number of hydrogen-bond acceptors (Lipinski definition) is 4. The Kier molecular flexibility index (Phi) is 4.70. The quantitative estimate of drug-likeness (QED) is 0.721. The van der Waals surface area contributed by atoms with Crippen molar-refractivity contribution in [2.75, 3.05) is 7.11 Å². The summed E-state index contributed by atoms with van der Waals surface area (Å²) in [5.41, 5.74) is 7.97. The van der Waals surface area contributed by atoms with E-state index < -0.39 is 5.91 Å². The Bertz CT molecular complexity index is 930. The zero-order valence-corrected chi connectivity index (χ0v) is 13.7. The van der Waals surface area contributed by atoms with Crippen molar-refractivity contribution in [3.8, 4) is 5.75 Å². The van der Waals surface area contributed by atoms with Crippen LogP contribution < -0.4 is 15.8 Å². The summed E-state index contributed by atoms with van der Waals surface area (Å²) in [7, 11) is 1.59. The minimum absolute atomic E-state index is 0.136. The van der Waals surface area contributed by atoms with Gasteiger partial charge in [0.2, 0.25) is 11.8 Å². The van der Waals surface area contributed by atoms with Crippen LogP contribution in [0.15, 0.2) is 53.1 Å². The SMILES string of the molecule is COc1ccc2c(CC(=O)NCc3cccc(C(N)=O)c3)coc2c1. The number of amides is 2. The molecule has 3 rings (SSSR count). The summed E-state index contributed by atoms with van der Waals surface area (Å²) in [6.07, 6.45) is 1.78. The number of methoxy groups -OCH3 is 1. The third kappa shape index (κ3) is 3.80. The highest BCUT2D eigenvalue weighted by atomic mass is 16.5. The molecule has 0 unspecified atom stereocenters. The zero-order chi connectivity index (χ0) is 17.8. The monoisotopic (exact) mass is 338 g/mol. The van der Waals surface area contributed by atoms with Crippen molar-refractivity contribution in [3.63, 3.8) is 0 Å². The summed E-state index contributed by atoms with van der Waals surface area (Å²) < 4.78 is 10.6. The van der Waals surface area contributed by atoms with E-state index in [1.54, 1.807) is 37.6 Å². The molecule has 0 bridgehead atoms. The van der Waals surface area contributed by atoms with E-state index in [9.17, 15) is 9.59 Å². The van der Waals surface area contributed by atoms with Crippen molar-refractivity contribution in [2.24, 2.45) is 5.73 Å². The molecule has 6 heteroatoms. The van der Waals surface area contributed by atoms with Crippen molar-refractivity contribution < 1.29 is 18.7 Å². The summed E-state index contributed by atoms with van der Waals surface area (Å²) >= 11 is 0. The Balaban J connectivity index is 1.65. The maximum absolute atomic E-state index is 12.2. The lowest BCUT2D eigenvalue weighted by Crippen LogP contribution is -2.24. The predicted octanol–water partition coefficient (Wildman–Crippen LogP) is 2.40. The Morgan fingerprint density at radius 2 is 2.04 bits per heavy atom. The smallest absolute Gasteiger partial charge is 0.248 e. The first-order chi connectivity index (χ1) is 12.1. The molecule has 0 spiro atoms. The van der Waals surface area contributed by atoms with E-state index >= 15 is 0 Å². The van der Waals surface area contributed by atoms with Crippen molar-refractivity contribution in [1.29, 1.82) is 0 Å². The van der Waals surface area contributed by atoms with Gasteiger partial charge in [-0.05, 0) is 29.8 Å². The number of primary amides is 1. The van der Waals surface area contributed by atoms with Crippen LogP contribution >= 0.6 is 0 Å². The summed E-state index contributed by atoms with van der Waals surface area (Å²) in [5.74, 6) is 0.0728. The second-order valence-electron chi connectivity index (χ2n) is 5.64. The van der Waals surface area contributed by atoms with Gasteiger partial charge in [0, 0.05) is 29.1 Å². The summed E-state index contributed by atoms with van der Waals surface area (Å²) in [4.78, 5) is 23.4. The Hall–Kier alpha value is -3.28. The zero-order valence-electron chi connectivity index (χ0n) is 13.7. The van der Waals surface area contributed by atoms with Gasteiger partial charge in [-0.15, -0.1) is 0 Å². The topological polar surface area (TPSA) is 94.6 Å². The standard InChI is InChI=1S/C19H18N2O4/c1-24-15-5-6-16-14(11-25-17(16)9-15)8-18(22)21-10-12-3-2-4-13(7-12)19(20)23/h2-7,9,11H,8,10H2,1H3,(H2,20,23)(H,21,22). The number of carbonyl (C=O) groups excluding carboxylic acids is 2. The summed E-state index contributed by atoms with van der Waals surface area (Å²) in [6.45, 7) is 0.323. The molecule has 0 atom stereocenters. The van der Waals surface area contributed by atoms with Gasteiger partial charge in [-0.25, -0.2) is 0 Å². The van der Waals surface area contributed by atoms with Crippen LogP contribution in [0.5, 0.6) is 5.75 Å². The second-order valence-corrected chi connectivity index (χ2v) is 5.64. The highest BCUT2D eigenvalue weighted by Crippen LogP contribution is 2.25. The van der Waals surface area contributed by atoms with Crippen LogP contribution in [-0.2, 0) is 17.8 Å². The molecule has 0 saturated heterocycles. The molecule has 0 aliphatic rings. The van der Waals surface area contributed by atoms with Gasteiger partial charge in [0.05, 0.1) is 19.8 Å². The number of carbonyl (C=O) groups is 2. The van der Waals surface area contributed by atoms with Crippen molar-refractivity contribution in [3.05, 3.63) is 65.4 Å². The molecule has 128 valence electrons. The Morgan fingerprint density at radius 1 is 1.20 bits per heavy atom. The maximum atomic E-state index is 12.2. The normalized spacial score (nSPS) is 10.6. The van der Waals surface area contributed by atoms with Gasteiger partial charge in [0.25, 0.3) is 0 Å². The molecule has 6 nitrogen and oxygen atoms in total. The van der Waals surface area contributed by atoms with Crippen LogP contribution in [0.3, 0.4) is 0 Å². The highest BCUT2D eigenvalue weighted by Gasteiger charge is 2.11. The van der Waals surface area contributed by atoms with E-state index in [1.807, 2.05) is 18.2 Å². The van der Waals surface area contributed by atoms with E-state index in [1.165, 1.54) is 0 Å². The molecule has 3 N–H and O–H groups in total. The third-order valence-electron chi connectivity index (χ3n) is 3.92. The number of furan rings is 1. The van der Waals surface area contributed by atoms with Crippen molar-refractivity contribution in [1.82, 2.24) is 5.32 Å². The molecule has 2 amide bonds. The number of hydrogen-bond donors (Lipinski definition) is 2. The van der Waals surface area contributed by atoms with E-state index in [4.69, 9.17) is 14.9 Å². The van der Waals surface area contributed by atoms with Crippen LogP contribution in [0.1, 0.15) is 21.5 Å². The number of benzene rings is 2. The van der Waals surface area contributed by atoms with E-state index in [0.29, 0.717) is 23.4 Å². The fourth-order valence-corrected chi connectivity index (χ4v) is 2.60. The molecule has 0 aliphatic carbocycles. The first-order valence-electron chi connectivity index (χ1n) is 7.76. The lowest BCUT2D eigenvalue weighted by atomic mass is 10.1. The van der Waals surface area contributed by atoms with Gasteiger partial charge in [0.1, 0.15) is 11.3 Å². The molecule has 1 heterocycles. The lowest BCUT2D eigenvalue weighted by Gasteiger charge is -2.06. The van der Waals surface area contributed by atoms with Crippen molar-refractivity contribution in [2.45, 2.75) is 13.0 Å². The Labute approximate surface area is 144 Å². The summed E-state index contributed by atoms with van der Waals surface area (Å²) in [6, 6.07) is 12.4. The second kappa shape index (κ2) is 7.09. The largest absolute Gasteiger partial charge is 0.497 e. The number of nitrogens with one attached hydrogen (secondary N) is 1. The molecule has 3 aromatic rings. The average Bonchev–Trinajstić information content (AvgIpc) is 3.02. The van der Waals surface area contributed by atoms with Crippen LogP contribution in [0.4, 0.5) is 0 Å². The van der Waals surface area contributed by atoms with Crippen LogP contribution in [0.25, 0.3) is 11.0 Å². The minimum atomic E-state index is -0.492. The van der Waals surface area contributed by atoms with E-state index in [-0.39, 0.29) is 12.3 Å². The van der Waals surface area contributed by atoms with Crippen LogP contribution in [0, 0.1) is 0 Å². The van der Waals surface area contributed by atoms with Crippen LogP contribution in [-0.4, -0.2) is 18.9 Å². The summed E-state index contributed by atoms with van der Waals surface area (Å²) in [5, 5.41) is 3.71. The molecule has 2 aromatic carbocycles. The number of rotatable bonds is 6. The molecule has 0 fully saturated rings. The van der Waals surface area contributed by atoms with Gasteiger partial charge in [-0.2, -0.15) is 0 Å². The Morgan fingerprint density at radius 3 is 2.80 bits per heavy atom. The first-order valence-corrected chi connectivity index (χ1v) is 7.76. The molecular formula is C19H18N2O4. The number of nitrogens with two attached hydrogens (primary N) is 1. The molecule has 0 radical (unpaired) electrons. The van der Waals surface area contributed by atoms with Gasteiger partial charge in [-0.1, -0.05) is 12.1 Å². The molecule has 25 heavy (non-hydrogen) atoms. The van der Waals surface area contributed by atoms with Crippen LogP contribution in [0.2, 0.25) is 0 Å². The average molecular weight is 338 g/mol. The number of fused-ring (bicyclic) bond motifs is 1. The predicted molar refractivity (Wildman–Crippen MR) is 93.3 cm³/mol. The van der Waals surface area contributed by atoms with E-state index in [0.717, 1.165) is 16.5 Å². The lowest BCUT2D eigenvalue weighted by molar-refractivity contribution is -0.120. The molecule has 1 aromatic heterocycles.